The minimum Gasteiger partial charge on any atom is -0.368 e. The summed E-state index contributed by atoms with van der Waals surface area (Å²) in [5, 5.41) is 8.32. The van der Waals surface area contributed by atoms with Crippen LogP contribution < -0.4 is 15.9 Å². The van der Waals surface area contributed by atoms with Crippen molar-refractivity contribution in [2.45, 2.75) is 19.4 Å². The Bertz CT molecular complexity index is 309. The summed E-state index contributed by atoms with van der Waals surface area (Å²) in [5.41, 5.74) is 6.07. The van der Waals surface area contributed by atoms with E-state index in [0.29, 0.717) is 0 Å². The maximum atomic E-state index is 10.9. The van der Waals surface area contributed by atoms with E-state index in [-0.39, 0.29) is 12.5 Å². The van der Waals surface area contributed by atoms with Crippen molar-refractivity contribution in [3.8, 4) is 0 Å². The van der Waals surface area contributed by atoms with Crippen LogP contribution in [0, 0.1) is 0 Å². The average molecular weight is 224 g/mol. The van der Waals surface area contributed by atoms with Gasteiger partial charge in [0.2, 0.25) is 16.0 Å². The van der Waals surface area contributed by atoms with Crippen LogP contribution >= 0.6 is 0 Å². The van der Waals surface area contributed by atoms with Gasteiger partial charge in [-0.2, -0.15) is 0 Å². The molecule has 0 aliphatic rings. The Hall–Kier alpha value is -0.860. The van der Waals surface area contributed by atoms with Gasteiger partial charge < -0.3 is 5.73 Å². The fourth-order valence-corrected chi connectivity index (χ4v) is 1.92. The van der Waals surface area contributed by atoms with Crippen molar-refractivity contribution in [3.05, 3.63) is 0 Å². The highest BCUT2D eigenvalue weighted by Gasteiger charge is 2.21. The van der Waals surface area contributed by atoms with Crippen LogP contribution in [0.4, 0.5) is 0 Å². The zero-order chi connectivity index (χ0) is 11.4. The van der Waals surface area contributed by atoms with E-state index in [1.54, 1.807) is 19.3 Å². The van der Waals surface area contributed by atoms with E-state index in [0.717, 1.165) is 6.26 Å². The number of aliphatic imine (C=N–C) groups is 1. The molecule has 0 aromatic heterocycles. The molecule has 7 nitrogen and oxygen atoms in total. The first-order valence-corrected chi connectivity index (χ1v) is 5.74. The predicted octanol–water partition coefficient (Wildman–Crippen LogP) is -1.39. The Morgan fingerprint density at radius 1 is 1.57 bits per heavy atom. The molecule has 8 heteroatoms. The maximum absolute atomic E-state index is 10.9. The van der Waals surface area contributed by atoms with Crippen LogP contribution in [-0.2, 0) is 10.0 Å². The number of nitrogens with two attached hydrogens (primary N) is 1. The highest BCUT2D eigenvalue weighted by molar-refractivity contribution is 7.88. The normalized spacial score (nSPS) is 14.1. The Balaban J connectivity index is 4.36. The molecule has 0 spiro atoms. The summed E-state index contributed by atoms with van der Waals surface area (Å²) in [7, 11) is -3.28. The average Bonchev–Trinajstić information content (AvgIpc) is 1.96. The van der Waals surface area contributed by atoms with Crippen molar-refractivity contribution in [1.82, 2.24) is 10.2 Å². The van der Waals surface area contributed by atoms with Crippen LogP contribution in [-0.4, -0.2) is 37.9 Å². The van der Waals surface area contributed by atoms with E-state index in [2.05, 4.69) is 9.71 Å². The molecule has 0 amide bonds. The number of hydroxylamine groups is 1. The lowest BCUT2D eigenvalue weighted by Gasteiger charge is -2.22. The van der Waals surface area contributed by atoms with Crippen LogP contribution in [0.3, 0.4) is 0 Å². The van der Waals surface area contributed by atoms with Crippen molar-refractivity contribution < 1.29 is 13.6 Å². The first-order chi connectivity index (χ1) is 6.16. The fourth-order valence-electron chi connectivity index (χ4n) is 0.852. The molecule has 0 atom stereocenters. The molecule has 0 aromatic carbocycles. The first kappa shape index (κ1) is 13.1. The number of hydrogen-bond donors (Lipinski definition) is 4. The molecule has 0 radical (unpaired) electrons. The molecular weight excluding hydrogens is 208 g/mol. The summed E-state index contributed by atoms with van der Waals surface area (Å²) in [6, 6.07) is 0. The topological polar surface area (TPSA) is 117 Å². The van der Waals surface area contributed by atoms with E-state index in [1.165, 1.54) is 0 Å². The molecule has 0 fully saturated rings. The van der Waals surface area contributed by atoms with Gasteiger partial charge in [0.25, 0.3) is 0 Å². The van der Waals surface area contributed by atoms with Crippen LogP contribution in [0.25, 0.3) is 0 Å². The Morgan fingerprint density at radius 2 is 2.07 bits per heavy atom. The minimum atomic E-state index is -3.28. The van der Waals surface area contributed by atoms with Crippen LogP contribution in [0.15, 0.2) is 4.99 Å². The van der Waals surface area contributed by atoms with Gasteiger partial charge in [-0.3, -0.25) is 5.21 Å². The SMILES string of the molecule is CC(C)(CN=C(N)NO)NS(C)(=O)=O. The molecule has 0 unspecified atom stereocenters. The van der Waals surface area contributed by atoms with Gasteiger partial charge in [0.1, 0.15) is 0 Å². The lowest BCUT2D eigenvalue weighted by Crippen LogP contribution is -2.46. The Kier molecular flexibility index (Phi) is 4.30. The lowest BCUT2D eigenvalue weighted by molar-refractivity contribution is 0.232. The summed E-state index contributed by atoms with van der Waals surface area (Å²) >= 11 is 0. The molecular formula is C6H16N4O3S. The largest absolute Gasteiger partial charge is 0.368 e. The molecule has 84 valence electrons. The third-order valence-electron chi connectivity index (χ3n) is 1.22. The summed E-state index contributed by atoms with van der Waals surface area (Å²) in [6.07, 6.45) is 1.06. The van der Waals surface area contributed by atoms with Crippen LogP contribution in [0.2, 0.25) is 0 Å². The van der Waals surface area contributed by atoms with Gasteiger partial charge in [0.15, 0.2) is 0 Å². The van der Waals surface area contributed by atoms with E-state index in [9.17, 15) is 8.42 Å². The second-order valence-corrected chi connectivity index (χ2v) is 5.32. The third-order valence-corrected chi connectivity index (χ3v) is 2.14. The highest BCUT2D eigenvalue weighted by Crippen LogP contribution is 2.03. The van der Waals surface area contributed by atoms with Gasteiger partial charge in [0.05, 0.1) is 12.8 Å². The number of guanidine groups is 1. The third kappa shape index (κ3) is 6.63. The molecule has 0 aliphatic carbocycles. The standard InChI is InChI=1S/C6H16N4O3S/c1-6(2,10-14(3,12)13)4-8-5(7)9-11/h10-11H,4H2,1-3H3,(H3,7,8,9). The monoisotopic (exact) mass is 224 g/mol. The molecule has 0 saturated carbocycles. The van der Waals surface area contributed by atoms with E-state index in [4.69, 9.17) is 10.9 Å². The van der Waals surface area contributed by atoms with Crippen molar-refractivity contribution in [2.75, 3.05) is 12.8 Å². The van der Waals surface area contributed by atoms with Crippen molar-refractivity contribution in [1.29, 1.82) is 0 Å². The van der Waals surface area contributed by atoms with Gasteiger partial charge in [-0.25, -0.2) is 23.6 Å². The number of nitrogens with one attached hydrogen (secondary N) is 2. The second kappa shape index (κ2) is 4.58. The molecule has 0 rings (SSSR count). The zero-order valence-corrected chi connectivity index (χ0v) is 9.22. The van der Waals surface area contributed by atoms with Crippen molar-refractivity contribution >= 4 is 16.0 Å². The van der Waals surface area contributed by atoms with E-state index < -0.39 is 15.6 Å². The molecule has 0 heterocycles. The number of sulfonamides is 1. The number of rotatable bonds is 4. The highest BCUT2D eigenvalue weighted by atomic mass is 32.2. The summed E-state index contributed by atoms with van der Waals surface area (Å²) < 4.78 is 24.2. The summed E-state index contributed by atoms with van der Waals surface area (Å²) in [6.45, 7) is 3.43. The van der Waals surface area contributed by atoms with Gasteiger partial charge in [-0.15, -0.1) is 0 Å². The quantitative estimate of drug-likeness (QED) is 0.266. The van der Waals surface area contributed by atoms with Crippen molar-refractivity contribution in [3.63, 3.8) is 0 Å². The molecule has 0 aromatic rings. The van der Waals surface area contributed by atoms with Gasteiger partial charge in [-0.1, -0.05) is 0 Å². The maximum Gasteiger partial charge on any atom is 0.212 e. The molecule has 0 aliphatic heterocycles. The summed E-state index contributed by atoms with van der Waals surface area (Å²) in [4.78, 5) is 3.70. The van der Waals surface area contributed by atoms with Crippen LogP contribution in [0.5, 0.6) is 0 Å². The molecule has 0 bridgehead atoms. The van der Waals surface area contributed by atoms with Crippen LogP contribution in [0.1, 0.15) is 13.8 Å². The van der Waals surface area contributed by atoms with E-state index in [1.807, 2.05) is 0 Å². The second-order valence-electron chi connectivity index (χ2n) is 3.57. The number of nitrogens with zero attached hydrogens (tertiary/aromatic N) is 1. The predicted molar refractivity (Wildman–Crippen MR) is 53.5 cm³/mol. The van der Waals surface area contributed by atoms with Crippen molar-refractivity contribution in [2.24, 2.45) is 10.7 Å². The molecule has 14 heavy (non-hydrogen) atoms. The Labute approximate surface area is 83.4 Å². The van der Waals surface area contributed by atoms with Gasteiger partial charge in [0, 0.05) is 5.54 Å². The van der Waals surface area contributed by atoms with E-state index >= 15 is 0 Å². The molecule has 5 N–H and O–H groups in total. The summed E-state index contributed by atoms with van der Waals surface area (Å²) in [5.74, 6) is -0.159. The van der Waals surface area contributed by atoms with Gasteiger partial charge >= 0.3 is 0 Å². The minimum absolute atomic E-state index is 0.124. The lowest BCUT2D eigenvalue weighted by atomic mass is 10.1. The Morgan fingerprint density at radius 3 is 2.43 bits per heavy atom. The fraction of sp³-hybridized carbons (Fsp3) is 0.833. The first-order valence-electron chi connectivity index (χ1n) is 3.85. The number of hydrogen-bond acceptors (Lipinski definition) is 4. The zero-order valence-electron chi connectivity index (χ0n) is 8.40. The van der Waals surface area contributed by atoms with Gasteiger partial charge in [-0.05, 0) is 13.8 Å². The smallest absolute Gasteiger partial charge is 0.212 e. The molecule has 0 saturated heterocycles.